The second-order valence-electron chi connectivity index (χ2n) is 5.65. The molecule has 9 nitrogen and oxygen atoms in total. The summed E-state index contributed by atoms with van der Waals surface area (Å²) < 4.78 is 47.8. The van der Waals surface area contributed by atoms with E-state index < -0.39 is 20.8 Å². The fraction of sp³-hybridized carbons (Fsp3) is 0.0556. The third-order valence-electron chi connectivity index (χ3n) is 3.60. The van der Waals surface area contributed by atoms with E-state index in [2.05, 4.69) is 5.10 Å². The number of hydrogen-bond donors (Lipinski definition) is 1. The number of hydrazone groups is 1. The summed E-state index contributed by atoms with van der Waals surface area (Å²) in [5.41, 5.74) is -0.0445. The molecule has 0 unspecified atom stereocenters. The molecule has 0 atom stereocenters. The molecular weight excluding hydrogens is 405 g/mol. The van der Waals surface area contributed by atoms with Crippen molar-refractivity contribution >= 4 is 21.9 Å². The third-order valence-corrected chi connectivity index (χ3v) is 4.84. The molecule has 29 heavy (non-hydrogen) atoms. The van der Waals surface area contributed by atoms with E-state index in [0.717, 1.165) is 30.5 Å². The van der Waals surface area contributed by atoms with Gasteiger partial charge in [-0.25, -0.2) is 4.39 Å². The minimum atomic E-state index is -3.93. The Bertz CT molecular complexity index is 1130. The summed E-state index contributed by atoms with van der Waals surface area (Å²) in [6.45, 7) is 0.0625. The van der Waals surface area contributed by atoms with Crippen LogP contribution in [0.25, 0.3) is 0 Å². The van der Waals surface area contributed by atoms with Crippen molar-refractivity contribution in [1.29, 1.82) is 0 Å². The first-order valence-electron chi connectivity index (χ1n) is 8.10. The minimum Gasteiger partial charge on any atom is -0.486 e. The van der Waals surface area contributed by atoms with E-state index in [-0.39, 0.29) is 22.9 Å². The average Bonchev–Trinajstić information content (AvgIpc) is 3.14. The first-order valence-corrected chi connectivity index (χ1v) is 9.58. The second-order valence-corrected chi connectivity index (χ2v) is 7.31. The van der Waals surface area contributed by atoms with E-state index in [9.17, 15) is 22.9 Å². The maximum Gasteiger partial charge on any atom is 0.276 e. The Morgan fingerprint density at radius 1 is 1.10 bits per heavy atom. The normalized spacial score (nSPS) is 11.5. The number of nitrogens with zero attached hydrogens (tertiary/aromatic N) is 2. The smallest absolute Gasteiger partial charge is 0.276 e. The fourth-order valence-electron chi connectivity index (χ4n) is 2.19. The van der Waals surface area contributed by atoms with Crippen LogP contribution in [0.1, 0.15) is 11.5 Å². The van der Waals surface area contributed by atoms with Crippen molar-refractivity contribution in [2.75, 3.05) is 0 Å². The topological polar surface area (TPSA) is 124 Å². The van der Waals surface area contributed by atoms with Crippen LogP contribution in [0.4, 0.5) is 10.1 Å². The number of rotatable bonds is 8. The van der Waals surface area contributed by atoms with Crippen LogP contribution < -0.4 is 9.57 Å². The van der Waals surface area contributed by atoms with Gasteiger partial charge in [0.15, 0.2) is 0 Å². The molecule has 0 saturated heterocycles. The number of hydrogen-bond acceptors (Lipinski definition) is 7. The molecule has 0 saturated carbocycles. The Morgan fingerprint density at radius 2 is 1.79 bits per heavy atom. The summed E-state index contributed by atoms with van der Waals surface area (Å²) in [7, 11) is -3.93. The second kappa shape index (κ2) is 8.52. The first-order chi connectivity index (χ1) is 13.8. The van der Waals surface area contributed by atoms with Gasteiger partial charge < -0.3 is 9.15 Å². The van der Waals surface area contributed by atoms with Crippen molar-refractivity contribution in [3.63, 3.8) is 0 Å². The molecule has 0 fully saturated rings. The van der Waals surface area contributed by atoms with Crippen LogP contribution in [-0.2, 0) is 16.6 Å². The molecule has 0 radical (unpaired) electrons. The van der Waals surface area contributed by atoms with Gasteiger partial charge in [0, 0.05) is 12.1 Å². The molecule has 3 aromatic rings. The number of nitro benzene ring substituents is 1. The van der Waals surface area contributed by atoms with Crippen LogP contribution in [0, 0.1) is 15.9 Å². The molecule has 150 valence electrons. The van der Waals surface area contributed by atoms with E-state index in [4.69, 9.17) is 9.15 Å². The predicted octanol–water partition coefficient (Wildman–Crippen LogP) is 3.22. The van der Waals surface area contributed by atoms with Gasteiger partial charge in [0.05, 0.1) is 16.0 Å². The van der Waals surface area contributed by atoms with E-state index in [0.29, 0.717) is 11.5 Å². The highest BCUT2D eigenvalue weighted by atomic mass is 32.2. The Hall–Kier alpha value is -3.73. The standard InChI is InChI=1S/C18H14FN3O6S/c19-13-1-9-18(10-2-13)29(25,26)21-20-11-16-7-8-17(28-16)12-27-15-5-3-14(4-6-15)22(23)24/h1-11,21H,12H2/b20-11-. The van der Waals surface area contributed by atoms with E-state index in [1.165, 1.54) is 24.3 Å². The summed E-state index contributed by atoms with van der Waals surface area (Å²) in [4.78, 5) is 12.0. The van der Waals surface area contributed by atoms with Crippen molar-refractivity contribution in [1.82, 2.24) is 4.83 Å². The van der Waals surface area contributed by atoms with Crippen molar-refractivity contribution < 1.29 is 26.9 Å². The Kier molecular flexibility index (Phi) is 5.88. The Labute approximate surface area is 164 Å². The summed E-state index contributed by atoms with van der Waals surface area (Å²) in [5.74, 6) is 0.584. The molecule has 0 aliphatic rings. The summed E-state index contributed by atoms with van der Waals surface area (Å²) in [6, 6.07) is 13.0. The van der Waals surface area contributed by atoms with E-state index in [1.807, 2.05) is 4.83 Å². The molecular formula is C18H14FN3O6S. The number of nitrogens with one attached hydrogen (secondary N) is 1. The molecule has 0 aliphatic carbocycles. The molecule has 0 bridgehead atoms. The third kappa shape index (κ3) is 5.39. The Balaban J connectivity index is 1.55. The molecule has 11 heteroatoms. The molecule has 0 spiro atoms. The maximum absolute atomic E-state index is 12.9. The molecule has 2 aromatic carbocycles. The lowest BCUT2D eigenvalue weighted by molar-refractivity contribution is -0.384. The zero-order valence-electron chi connectivity index (χ0n) is 14.7. The lowest BCUT2D eigenvalue weighted by atomic mass is 10.3. The van der Waals surface area contributed by atoms with Gasteiger partial charge in [-0.05, 0) is 48.5 Å². The van der Waals surface area contributed by atoms with E-state index in [1.54, 1.807) is 12.1 Å². The predicted molar refractivity (Wildman–Crippen MR) is 100 cm³/mol. The average molecular weight is 419 g/mol. The fourth-order valence-corrected chi connectivity index (χ4v) is 2.98. The number of non-ortho nitro benzene ring substituents is 1. The van der Waals surface area contributed by atoms with Crippen molar-refractivity contribution in [2.45, 2.75) is 11.5 Å². The monoisotopic (exact) mass is 419 g/mol. The molecule has 3 rings (SSSR count). The zero-order valence-corrected chi connectivity index (χ0v) is 15.5. The summed E-state index contributed by atoms with van der Waals surface area (Å²) >= 11 is 0. The van der Waals surface area contributed by atoms with Crippen LogP contribution in [-0.4, -0.2) is 19.6 Å². The van der Waals surface area contributed by atoms with Gasteiger partial charge in [-0.1, -0.05) is 0 Å². The van der Waals surface area contributed by atoms with Crippen LogP contribution in [0.3, 0.4) is 0 Å². The van der Waals surface area contributed by atoms with E-state index >= 15 is 0 Å². The number of benzene rings is 2. The van der Waals surface area contributed by atoms with Crippen LogP contribution >= 0.6 is 0 Å². The summed E-state index contributed by atoms with van der Waals surface area (Å²) in [6.07, 6.45) is 1.16. The van der Waals surface area contributed by atoms with Crippen LogP contribution in [0.15, 0.2) is 75.1 Å². The number of ether oxygens (including phenoxy) is 1. The van der Waals surface area contributed by atoms with Gasteiger partial charge in [-0.2, -0.15) is 18.4 Å². The highest BCUT2D eigenvalue weighted by Gasteiger charge is 2.12. The van der Waals surface area contributed by atoms with Crippen LogP contribution in [0.2, 0.25) is 0 Å². The first kappa shape index (κ1) is 20.0. The Morgan fingerprint density at radius 3 is 2.45 bits per heavy atom. The van der Waals surface area contributed by atoms with Gasteiger partial charge in [-0.15, -0.1) is 0 Å². The maximum atomic E-state index is 12.9. The SMILES string of the molecule is O=[N+]([O-])c1ccc(OCc2ccc(/C=N\NS(=O)(=O)c3ccc(F)cc3)o2)cc1. The van der Waals surface area contributed by atoms with Gasteiger partial charge in [0.1, 0.15) is 29.7 Å². The highest BCUT2D eigenvalue weighted by Crippen LogP contribution is 2.19. The van der Waals surface area contributed by atoms with Gasteiger partial charge >= 0.3 is 0 Å². The number of halogens is 1. The molecule has 1 aromatic heterocycles. The summed E-state index contributed by atoms with van der Waals surface area (Å²) in [5, 5.41) is 14.2. The minimum absolute atomic E-state index is 0.0445. The van der Waals surface area contributed by atoms with Crippen LogP contribution in [0.5, 0.6) is 5.75 Å². The lowest BCUT2D eigenvalue weighted by Crippen LogP contribution is -2.18. The zero-order chi connectivity index (χ0) is 20.9. The number of furan rings is 1. The van der Waals surface area contributed by atoms with Gasteiger partial charge in [0.25, 0.3) is 15.7 Å². The largest absolute Gasteiger partial charge is 0.486 e. The van der Waals surface area contributed by atoms with Crippen molar-refractivity contribution in [3.05, 3.63) is 88.1 Å². The molecule has 0 amide bonds. The van der Waals surface area contributed by atoms with Crippen molar-refractivity contribution in [2.24, 2.45) is 5.10 Å². The molecule has 1 heterocycles. The quantitative estimate of drug-likeness (QED) is 0.340. The molecule has 1 N–H and O–H groups in total. The van der Waals surface area contributed by atoms with Gasteiger partial charge in [-0.3, -0.25) is 10.1 Å². The van der Waals surface area contributed by atoms with Gasteiger partial charge in [0.2, 0.25) is 0 Å². The number of sulfonamides is 1. The van der Waals surface area contributed by atoms with Crippen molar-refractivity contribution in [3.8, 4) is 5.75 Å². The number of nitro groups is 1. The lowest BCUT2D eigenvalue weighted by Gasteiger charge is -2.03. The molecule has 0 aliphatic heterocycles. The highest BCUT2D eigenvalue weighted by molar-refractivity contribution is 7.89.